The summed E-state index contributed by atoms with van der Waals surface area (Å²) in [5, 5.41) is 1.72. The van der Waals surface area contributed by atoms with Crippen LogP contribution in [0.4, 0.5) is 18.9 Å². The first kappa shape index (κ1) is 24.9. The molecule has 1 heterocycles. The van der Waals surface area contributed by atoms with E-state index in [2.05, 4.69) is 29.7 Å². The molecule has 0 saturated heterocycles. The number of halogens is 5. The minimum Gasteiger partial charge on any atom is -0.488 e. The van der Waals surface area contributed by atoms with Crippen LogP contribution >= 0.6 is 23.2 Å². The third-order valence-electron chi connectivity index (χ3n) is 5.78. The minimum absolute atomic E-state index is 0.0827. The summed E-state index contributed by atoms with van der Waals surface area (Å²) in [6, 6.07) is 2.90. The van der Waals surface area contributed by atoms with E-state index in [0.29, 0.717) is 12.4 Å². The van der Waals surface area contributed by atoms with Gasteiger partial charge in [0, 0.05) is 12.5 Å². The zero-order valence-corrected chi connectivity index (χ0v) is 20.0. The summed E-state index contributed by atoms with van der Waals surface area (Å²) in [5.74, 6) is 0.831. The van der Waals surface area contributed by atoms with E-state index in [0.717, 1.165) is 18.9 Å². The Balaban J connectivity index is 1.42. The highest BCUT2D eigenvalue weighted by Crippen LogP contribution is 2.38. The lowest BCUT2D eigenvalue weighted by atomic mass is 9.88. The van der Waals surface area contributed by atoms with Crippen LogP contribution in [0.3, 0.4) is 0 Å². The number of ether oxygens (including phenoxy) is 2. The van der Waals surface area contributed by atoms with Crippen LogP contribution in [0.15, 0.2) is 77.8 Å². The lowest BCUT2D eigenvalue weighted by Gasteiger charge is -2.27. The molecule has 0 amide bonds. The van der Waals surface area contributed by atoms with Gasteiger partial charge in [-0.3, -0.25) is 5.01 Å². The summed E-state index contributed by atoms with van der Waals surface area (Å²) in [5.41, 5.74) is 4.18. The van der Waals surface area contributed by atoms with Gasteiger partial charge in [-0.1, -0.05) is 53.6 Å². The molecule has 0 saturated carbocycles. The van der Waals surface area contributed by atoms with Crippen molar-refractivity contribution in [2.24, 2.45) is 5.92 Å². The van der Waals surface area contributed by atoms with Gasteiger partial charge >= 0.3 is 6.18 Å². The van der Waals surface area contributed by atoms with Gasteiger partial charge in [-0.15, -0.1) is 0 Å². The molecule has 34 heavy (non-hydrogen) atoms. The fraction of sp³-hybridized carbons (Fsp3) is 0.360. The van der Waals surface area contributed by atoms with Gasteiger partial charge in [-0.05, 0) is 55.7 Å². The zero-order chi connectivity index (χ0) is 24.3. The first-order valence-corrected chi connectivity index (χ1v) is 11.8. The van der Waals surface area contributed by atoms with Crippen LogP contribution in [0.25, 0.3) is 0 Å². The summed E-state index contributed by atoms with van der Waals surface area (Å²) in [6.07, 6.45) is 10.5. The molecule has 0 spiro atoms. The number of hydrazine groups is 1. The molecule has 1 aromatic carbocycles. The molecule has 1 aliphatic heterocycles. The lowest BCUT2D eigenvalue weighted by Crippen LogP contribution is -2.45. The predicted octanol–water partition coefficient (Wildman–Crippen LogP) is 6.90. The van der Waals surface area contributed by atoms with Gasteiger partial charge in [0.1, 0.15) is 18.4 Å². The number of anilines is 1. The Labute approximate surface area is 207 Å². The molecule has 4 rings (SSSR count). The number of para-hydroxylation sites is 1. The third kappa shape index (κ3) is 5.71. The van der Waals surface area contributed by atoms with Crippen molar-refractivity contribution < 1.29 is 22.6 Å². The average molecular weight is 513 g/mol. The normalized spacial score (nSPS) is 24.7. The number of rotatable bonds is 7. The number of nitrogens with one attached hydrogen (secondary N) is 1. The maximum atomic E-state index is 13.4. The number of hydrogen-bond donors (Lipinski definition) is 1. The molecule has 1 aromatic rings. The first-order chi connectivity index (χ1) is 16.3. The van der Waals surface area contributed by atoms with E-state index in [-0.39, 0.29) is 40.1 Å². The largest absolute Gasteiger partial charge is 0.488 e. The Kier molecular flexibility index (Phi) is 7.77. The van der Waals surface area contributed by atoms with E-state index in [1.165, 1.54) is 10.6 Å². The fourth-order valence-electron chi connectivity index (χ4n) is 4.06. The smallest absolute Gasteiger partial charge is 0.409 e. The van der Waals surface area contributed by atoms with Crippen LogP contribution in [-0.2, 0) is 9.47 Å². The summed E-state index contributed by atoms with van der Waals surface area (Å²) < 4.78 is 51.7. The van der Waals surface area contributed by atoms with E-state index < -0.39 is 12.2 Å². The lowest BCUT2D eigenvalue weighted by molar-refractivity contribution is -0.142. The zero-order valence-electron chi connectivity index (χ0n) is 18.5. The van der Waals surface area contributed by atoms with Crippen molar-refractivity contribution in [2.45, 2.75) is 38.1 Å². The van der Waals surface area contributed by atoms with E-state index in [1.54, 1.807) is 18.2 Å². The van der Waals surface area contributed by atoms with Crippen LogP contribution in [0.5, 0.6) is 0 Å². The van der Waals surface area contributed by atoms with Gasteiger partial charge in [0.05, 0.1) is 27.5 Å². The van der Waals surface area contributed by atoms with Crippen molar-refractivity contribution in [1.82, 2.24) is 5.43 Å². The van der Waals surface area contributed by atoms with Gasteiger partial charge in [-0.2, -0.15) is 13.2 Å². The van der Waals surface area contributed by atoms with Gasteiger partial charge in [0.15, 0.2) is 0 Å². The van der Waals surface area contributed by atoms with Crippen LogP contribution in [-0.4, -0.2) is 31.5 Å². The molecule has 182 valence electrons. The monoisotopic (exact) mass is 512 g/mol. The molecule has 0 fully saturated rings. The molecule has 0 bridgehead atoms. The highest BCUT2D eigenvalue weighted by molar-refractivity contribution is 6.39. The Morgan fingerprint density at radius 1 is 1.09 bits per heavy atom. The molecule has 2 aliphatic carbocycles. The Hall–Kier alpha value is -2.19. The minimum atomic E-state index is -4.48. The molecule has 0 radical (unpaired) electrons. The number of nitrogens with zero attached hydrogens (tertiary/aromatic N) is 1. The van der Waals surface area contributed by atoms with Gasteiger partial charge in [0.2, 0.25) is 0 Å². The van der Waals surface area contributed by atoms with Crippen molar-refractivity contribution in [3.63, 3.8) is 0 Å². The SMILES string of the molecule is CCOC1C=CC(C2C=CC(OCC3=CC(C(F)(F)F)NN3c3c(Cl)cccc3Cl)=CC2)=CC1. The van der Waals surface area contributed by atoms with Crippen molar-refractivity contribution in [3.05, 3.63) is 87.8 Å². The maximum absolute atomic E-state index is 13.4. The van der Waals surface area contributed by atoms with Crippen molar-refractivity contribution >= 4 is 28.9 Å². The topological polar surface area (TPSA) is 33.7 Å². The number of hydrogen-bond acceptors (Lipinski definition) is 4. The Bertz CT molecular complexity index is 1040. The van der Waals surface area contributed by atoms with E-state index in [4.69, 9.17) is 32.7 Å². The van der Waals surface area contributed by atoms with Crippen LogP contribution in [0.2, 0.25) is 10.0 Å². The first-order valence-electron chi connectivity index (χ1n) is 11.0. The summed E-state index contributed by atoms with van der Waals surface area (Å²) >= 11 is 12.5. The highest BCUT2D eigenvalue weighted by atomic mass is 35.5. The van der Waals surface area contributed by atoms with Crippen LogP contribution < -0.4 is 10.4 Å². The molecule has 4 nitrogen and oxygen atoms in total. The van der Waals surface area contributed by atoms with Crippen molar-refractivity contribution in [3.8, 4) is 0 Å². The molecule has 9 heteroatoms. The number of benzene rings is 1. The predicted molar refractivity (Wildman–Crippen MR) is 129 cm³/mol. The maximum Gasteiger partial charge on any atom is 0.409 e. The third-order valence-corrected chi connectivity index (χ3v) is 6.39. The molecule has 1 N–H and O–H groups in total. The summed E-state index contributed by atoms with van der Waals surface area (Å²) in [6.45, 7) is 2.58. The second-order valence-electron chi connectivity index (χ2n) is 8.10. The van der Waals surface area contributed by atoms with Gasteiger partial charge in [0.25, 0.3) is 0 Å². The number of allylic oxidation sites excluding steroid dienone is 5. The molecule has 3 atom stereocenters. The van der Waals surface area contributed by atoms with E-state index in [1.807, 2.05) is 19.1 Å². The molecule has 0 aromatic heterocycles. The standard InChI is InChI=1S/C25H25Cl2F3N2O2/c1-2-33-19-10-6-16(7-11-19)17-8-12-20(13-9-17)34-15-18-14-23(25(28,29)30)31-32(18)24-21(26)4-3-5-22(24)27/h3-8,10,12-14,17,19,23,31H,2,9,11,15H2,1H3. The van der Waals surface area contributed by atoms with E-state index >= 15 is 0 Å². The summed E-state index contributed by atoms with van der Waals surface area (Å²) in [7, 11) is 0. The van der Waals surface area contributed by atoms with E-state index in [9.17, 15) is 13.2 Å². The molecule has 3 unspecified atom stereocenters. The second kappa shape index (κ2) is 10.6. The van der Waals surface area contributed by atoms with Crippen LogP contribution in [0.1, 0.15) is 19.8 Å². The Morgan fingerprint density at radius 2 is 1.85 bits per heavy atom. The molecular formula is C25H25Cl2F3N2O2. The molecular weight excluding hydrogens is 488 g/mol. The van der Waals surface area contributed by atoms with Gasteiger partial charge < -0.3 is 9.47 Å². The second-order valence-corrected chi connectivity index (χ2v) is 8.92. The van der Waals surface area contributed by atoms with Crippen LogP contribution in [0, 0.1) is 5.92 Å². The number of alkyl halides is 3. The average Bonchev–Trinajstić information content (AvgIpc) is 3.23. The highest BCUT2D eigenvalue weighted by Gasteiger charge is 2.44. The van der Waals surface area contributed by atoms with Crippen molar-refractivity contribution in [1.29, 1.82) is 0 Å². The van der Waals surface area contributed by atoms with Crippen molar-refractivity contribution in [2.75, 3.05) is 18.2 Å². The molecule has 3 aliphatic rings. The Morgan fingerprint density at radius 3 is 2.44 bits per heavy atom. The quantitative estimate of drug-likeness (QED) is 0.430. The summed E-state index contributed by atoms with van der Waals surface area (Å²) in [4.78, 5) is 0. The fourth-order valence-corrected chi connectivity index (χ4v) is 4.63. The van der Waals surface area contributed by atoms with Gasteiger partial charge in [-0.25, -0.2) is 5.43 Å².